The molecular formula is C24H34O6. The number of esters is 1. The van der Waals surface area contributed by atoms with Crippen LogP contribution in [0.1, 0.15) is 59.3 Å². The molecule has 9 atom stereocenters. The van der Waals surface area contributed by atoms with E-state index in [4.69, 9.17) is 23.7 Å². The molecule has 6 nitrogen and oxygen atoms in total. The fraction of sp³-hybridized carbons (Fsp3) is 0.875. The number of rotatable bonds is 3. The summed E-state index contributed by atoms with van der Waals surface area (Å²) in [5.41, 5.74) is 1.26. The third-order valence-corrected chi connectivity index (χ3v) is 9.78. The molecule has 0 unspecified atom stereocenters. The molecule has 0 spiro atoms. The first-order chi connectivity index (χ1) is 14.3. The van der Waals surface area contributed by atoms with Gasteiger partial charge in [0.15, 0.2) is 11.6 Å². The van der Waals surface area contributed by atoms with Crippen molar-refractivity contribution in [1.82, 2.24) is 0 Å². The molecule has 3 heterocycles. The Morgan fingerprint density at radius 1 is 1.23 bits per heavy atom. The summed E-state index contributed by atoms with van der Waals surface area (Å²) >= 11 is 0. The largest absolute Gasteiger partial charge is 0.465 e. The third-order valence-electron chi connectivity index (χ3n) is 9.78. The zero-order chi connectivity index (χ0) is 20.9. The summed E-state index contributed by atoms with van der Waals surface area (Å²) in [6.07, 6.45) is 8.83. The molecule has 0 amide bonds. The van der Waals surface area contributed by atoms with E-state index in [1.54, 1.807) is 7.11 Å². The van der Waals surface area contributed by atoms with Crippen LogP contribution < -0.4 is 0 Å². The van der Waals surface area contributed by atoms with Gasteiger partial charge in [-0.1, -0.05) is 18.6 Å². The van der Waals surface area contributed by atoms with Crippen LogP contribution in [0.4, 0.5) is 0 Å². The fourth-order valence-electron chi connectivity index (χ4n) is 8.60. The molecule has 0 aromatic rings. The van der Waals surface area contributed by atoms with E-state index >= 15 is 0 Å². The maximum absolute atomic E-state index is 11.8. The third kappa shape index (κ3) is 2.17. The normalized spacial score (nSPS) is 55.5. The van der Waals surface area contributed by atoms with Crippen LogP contribution in [-0.2, 0) is 28.5 Å². The quantitative estimate of drug-likeness (QED) is 0.516. The van der Waals surface area contributed by atoms with Crippen molar-refractivity contribution >= 4 is 5.97 Å². The topological polar surface area (TPSA) is 63.2 Å². The SMILES string of the molecule is CO[C@H]1CC[C@@]2(COC(C)=O)C(=CC[C@@H]3[C@@H]2CC[C@]2(C)[C@@H]4[C@H]5CO[C@]4(C)O[C@@]32O5)C1. The molecule has 3 aliphatic heterocycles. The van der Waals surface area contributed by atoms with Crippen molar-refractivity contribution in [3.8, 4) is 0 Å². The Morgan fingerprint density at radius 3 is 2.80 bits per heavy atom. The summed E-state index contributed by atoms with van der Waals surface area (Å²) in [5.74, 6) is -0.405. The minimum atomic E-state index is -0.597. The average molecular weight is 419 g/mol. The molecule has 5 fully saturated rings. The molecule has 166 valence electrons. The zero-order valence-electron chi connectivity index (χ0n) is 18.6. The van der Waals surface area contributed by atoms with Crippen LogP contribution in [0.2, 0.25) is 0 Å². The lowest BCUT2D eigenvalue weighted by molar-refractivity contribution is -0.359. The van der Waals surface area contributed by atoms with Gasteiger partial charge in [0.05, 0.1) is 24.7 Å². The van der Waals surface area contributed by atoms with Gasteiger partial charge in [-0.15, -0.1) is 0 Å². The number of carbonyl (C=O) groups is 1. The Morgan fingerprint density at radius 2 is 2.07 bits per heavy atom. The standard InChI is InChI=1S/C24H34O6/c1-14(25)27-13-23-10-7-16(26-4)11-15(23)5-6-18-17(23)8-9-21(2)20-19-12-28-22(20,3)30-24(18,21)29-19/h5,16-20H,6-13H2,1-4H3/t16-,17-,18+,19+,20-,21+,22+,23+,24-/m0/s1. The first-order valence-electron chi connectivity index (χ1n) is 11.7. The summed E-state index contributed by atoms with van der Waals surface area (Å²) in [6, 6.07) is 0. The monoisotopic (exact) mass is 418 g/mol. The number of hydrogen-bond acceptors (Lipinski definition) is 6. The van der Waals surface area contributed by atoms with Crippen molar-refractivity contribution in [2.75, 3.05) is 20.3 Å². The lowest BCUT2D eigenvalue weighted by Crippen LogP contribution is -2.61. The number of hydrogen-bond donors (Lipinski definition) is 0. The second kappa shape index (κ2) is 6.09. The minimum Gasteiger partial charge on any atom is -0.465 e. The predicted octanol–water partition coefficient (Wildman–Crippen LogP) is 3.59. The highest BCUT2D eigenvalue weighted by atomic mass is 16.8. The molecule has 0 aromatic carbocycles. The van der Waals surface area contributed by atoms with Gasteiger partial charge in [-0.05, 0) is 51.4 Å². The van der Waals surface area contributed by atoms with Crippen LogP contribution in [-0.4, -0.2) is 50.1 Å². The molecule has 30 heavy (non-hydrogen) atoms. The molecule has 6 aliphatic rings. The van der Waals surface area contributed by atoms with Crippen molar-refractivity contribution in [3.63, 3.8) is 0 Å². The van der Waals surface area contributed by atoms with Crippen LogP contribution in [0.25, 0.3) is 0 Å². The van der Waals surface area contributed by atoms with E-state index in [0.717, 1.165) is 38.5 Å². The van der Waals surface area contributed by atoms with Crippen molar-refractivity contribution in [3.05, 3.63) is 11.6 Å². The van der Waals surface area contributed by atoms with Crippen molar-refractivity contribution in [2.24, 2.45) is 28.6 Å². The summed E-state index contributed by atoms with van der Waals surface area (Å²) in [5, 5.41) is 0. The Balaban J connectivity index is 1.42. The lowest BCUT2D eigenvalue weighted by atomic mass is 9.47. The smallest absolute Gasteiger partial charge is 0.302 e. The molecule has 2 bridgehead atoms. The van der Waals surface area contributed by atoms with Crippen LogP contribution in [0.5, 0.6) is 0 Å². The van der Waals surface area contributed by atoms with Crippen LogP contribution in [0, 0.1) is 28.6 Å². The van der Waals surface area contributed by atoms with Gasteiger partial charge in [0.1, 0.15) is 6.61 Å². The molecule has 0 N–H and O–H groups in total. The van der Waals surface area contributed by atoms with Gasteiger partial charge in [0.2, 0.25) is 0 Å². The lowest BCUT2D eigenvalue weighted by Gasteiger charge is -2.59. The van der Waals surface area contributed by atoms with E-state index < -0.39 is 11.6 Å². The van der Waals surface area contributed by atoms with E-state index in [1.165, 1.54) is 12.5 Å². The predicted molar refractivity (Wildman–Crippen MR) is 107 cm³/mol. The molecule has 6 rings (SSSR count). The van der Waals surface area contributed by atoms with E-state index in [1.807, 2.05) is 0 Å². The van der Waals surface area contributed by atoms with Crippen molar-refractivity contribution in [1.29, 1.82) is 0 Å². The molecule has 6 heteroatoms. The number of fused-ring (bicyclic) bond motifs is 3. The second-order valence-corrected chi connectivity index (χ2v) is 10.9. The van der Waals surface area contributed by atoms with Gasteiger partial charge in [0, 0.05) is 30.8 Å². The maximum atomic E-state index is 11.8. The maximum Gasteiger partial charge on any atom is 0.302 e. The zero-order valence-corrected chi connectivity index (χ0v) is 18.6. The highest BCUT2D eigenvalue weighted by Gasteiger charge is 2.83. The number of ether oxygens (including phenoxy) is 5. The Kier molecular flexibility index (Phi) is 4.00. The second-order valence-electron chi connectivity index (χ2n) is 10.9. The summed E-state index contributed by atoms with van der Waals surface area (Å²) in [7, 11) is 1.80. The number of carbonyl (C=O) groups excluding carboxylic acids is 1. The molecule has 0 aromatic heterocycles. The first kappa shape index (κ1) is 19.7. The van der Waals surface area contributed by atoms with Gasteiger partial charge in [-0.3, -0.25) is 4.79 Å². The van der Waals surface area contributed by atoms with E-state index in [2.05, 4.69) is 19.9 Å². The Bertz CT molecular complexity index is 810. The molecule has 3 aliphatic carbocycles. The average Bonchev–Trinajstić information content (AvgIpc) is 3.20. The van der Waals surface area contributed by atoms with E-state index in [9.17, 15) is 4.79 Å². The van der Waals surface area contributed by atoms with Crippen LogP contribution >= 0.6 is 0 Å². The van der Waals surface area contributed by atoms with Gasteiger partial charge in [0.25, 0.3) is 0 Å². The summed E-state index contributed by atoms with van der Waals surface area (Å²) in [6.45, 7) is 7.08. The van der Waals surface area contributed by atoms with Crippen molar-refractivity contribution < 1.29 is 28.5 Å². The van der Waals surface area contributed by atoms with Crippen LogP contribution in [0.3, 0.4) is 0 Å². The summed E-state index contributed by atoms with van der Waals surface area (Å²) < 4.78 is 31.1. The highest BCUT2D eigenvalue weighted by Crippen LogP contribution is 2.76. The number of methoxy groups -OCH3 is 1. The number of allylic oxidation sites excluding steroid dienone is 1. The van der Waals surface area contributed by atoms with Gasteiger partial charge in [-0.2, -0.15) is 0 Å². The van der Waals surface area contributed by atoms with Gasteiger partial charge < -0.3 is 23.7 Å². The summed E-state index contributed by atoms with van der Waals surface area (Å²) in [4.78, 5) is 11.8. The molecule has 0 radical (unpaired) electrons. The first-order valence-corrected chi connectivity index (χ1v) is 11.7. The molecule has 2 saturated carbocycles. The fourth-order valence-corrected chi connectivity index (χ4v) is 8.60. The van der Waals surface area contributed by atoms with Crippen LogP contribution in [0.15, 0.2) is 11.6 Å². The van der Waals surface area contributed by atoms with E-state index in [-0.39, 0.29) is 34.9 Å². The highest BCUT2D eigenvalue weighted by molar-refractivity contribution is 5.66. The minimum absolute atomic E-state index is 0.0260. The van der Waals surface area contributed by atoms with Gasteiger partial charge in [-0.25, -0.2) is 0 Å². The molecule has 3 saturated heterocycles. The molecular weight excluding hydrogens is 384 g/mol. The van der Waals surface area contributed by atoms with Gasteiger partial charge >= 0.3 is 5.97 Å². The Labute approximate surface area is 178 Å². The van der Waals surface area contributed by atoms with E-state index in [0.29, 0.717) is 25.0 Å². The van der Waals surface area contributed by atoms with Crippen molar-refractivity contribution in [2.45, 2.75) is 83.1 Å². The Hall–Kier alpha value is -0.950.